The number of hydrogen-bond donors (Lipinski definition) is 1. The van der Waals surface area contributed by atoms with Crippen molar-refractivity contribution in [1.29, 1.82) is 0 Å². The minimum Gasteiger partial charge on any atom is -0.307 e. The van der Waals surface area contributed by atoms with Gasteiger partial charge in [0.05, 0.1) is 11.2 Å². The van der Waals surface area contributed by atoms with Gasteiger partial charge in [0.15, 0.2) is 0 Å². The lowest BCUT2D eigenvalue weighted by Gasteiger charge is -2.05. The zero-order valence-electron chi connectivity index (χ0n) is 8.41. The molecule has 0 saturated carbocycles. The Morgan fingerprint density at radius 2 is 2.25 bits per heavy atom. The standard InChI is InChI=1S/C11H10BrFN2S/c12-11-2-1-9(13)3-8(11)4-14-5-10-6-16-7-15-10/h1-3,6-7,14H,4-5H2. The Bertz CT molecular complexity index is 459. The zero-order chi connectivity index (χ0) is 11.4. The number of rotatable bonds is 4. The van der Waals surface area contributed by atoms with Gasteiger partial charge in [-0.2, -0.15) is 0 Å². The summed E-state index contributed by atoms with van der Waals surface area (Å²) in [6.07, 6.45) is 0. The quantitative estimate of drug-likeness (QED) is 0.937. The van der Waals surface area contributed by atoms with Gasteiger partial charge in [-0.05, 0) is 23.8 Å². The topological polar surface area (TPSA) is 24.9 Å². The van der Waals surface area contributed by atoms with Crippen molar-refractivity contribution in [2.45, 2.75) is 13.1 Å². The monoisotopic (exact) mass is 300 g/mol. The van der Waals surface area contributed by atoms with Gasteiger partial charge in [0.1, 0.15) is 5.82 Å². The number of thiazole rings is 1. The molecule has 1 heterocycles. The molecule has 0 bridgehead atoms. The molecule has 0 aliphatic carbocycles. The Morgan fingerprint density at radius 3 is 3.00 bits per heavy atom. The van der Waals surface area contributed by atoms with Gasteiger partial charge in [0.2, 0.25) is 0 Å². The van der Waals surface area contributed by atoms with E-state index in [1.807, 2.05) is 5.38 Å². The van der Waals surface area contributed by atoms with Gasteiger partial charge in [-0.1, -0.05) is 15.9 Å². The van der Waals surface area contributed by atoms with Crippen LogP contribution in [-0.2, 0) is 13.1 Å². The highest BCUT2D eigenvalue weighted by Gasteiger charge is 2.01. The zero-order valence-corrected chi connectivity index (χ0v) is 10.8. The molecule has 1 N–H and O–H groups in total. The van der Waals surface area contributed by atoms with Crippen LogP contribution in [0.25, 0.3) is 0 Å². The summed E-state index contributed by atoms with van der Waals surface area (Å²) in [5, 5.41) is 5.21. The summed E-state index contributed by atoms with van der Waals surface area (Å²) >= 11 is 4.96. The van der Waals surface area contributed by atoms with Crippen LogP contribution in [0, 0.1) is 5.82 Å². The Kier molecular flexibility index (Phi) is 4.04. The third kappa shape index (κ3) is 3.10. The van der Waals surface area contributed by atoms with E-state index in [0.29, 0.717) is 13.1 Å². The molecule has 1 aromatic carbocycles. The van der Waals surface area contributed by atoms with Crippen molar-refractivity contribution in [3.8, 4) is 0 Å². The van der Waals surface area contributed by atoms with E-state index >= 15 is 0 Å². The summed E-state index contributed by atoms with van der Waals surface area (Å²) in [5.41, 5.74) is 3.72. The SMILES string of the molecule is Fc1ccc(Br)c(CNCc2cscn2)c1. The average Bonchev–Trinajstić information content (AvgIpc) is 2.76. The number of halogens is 2. The molecule has 2 rings (SSSR count). The van der Waals surface area contributed by atoms with Gasteiger partial charge in [0, 0.05) is 22.9 Å². The first-order valence-electron chi connectivity index (χ1n) is 4.77. The van der Waals surface area contributed by atoms with Crippen LogP contribution in [0.15, 0.2) is 33.6 Å². The van der Waals surface area contributed by atoms with E-state index in [9.17, 15) is 4.39 Å². The van der Waals surface area contributed by atoms with Crippen molar-refractivity contribution < 1.29 is 4.39 Å². The van der Waals surface area contributed by atoms with Crippen molar-refractivity contribution in [3.05, 3.63) is 50.6 Å². The van der Waals surface area contributed by atoms with E-state index in [2.05, 4.69) is 26.2 Å². The molecule has 2 aromatic rings. The van der Waals surface area contributed by atoms with Crippen LogP contribution < -0.4 is 5.32 Å². The van der Waals surface area contributed by atoms with Gasteiger partial charge < -0.3 is 5.32 Å². The fourth-order valence-electron chi connectivity index (χ4n) is 1.33. The number of hydrogen-bond acceptors (Lipinski definition) is 3. The normalized spacial score (nSPS) is 10.6. The molecule has 84 valence electrons. The summed E-state index contributed by atoms with van der Waals surface area (Å²) in [6.45, 7) is 1.32. The highest BCUT2D eigenvalue weighted by Crippen LogP contribution is 2.17. The Balaban J connectivity index is 1.92. The smallest absolute Gasteiger partial charge is 0.123 e. The molecule has 1 aromatic heterocycles. The third-order valence-electron chi connectivity index (χ3n) is 2.11. The molecule has 0 radical (unpaired) electrons. The molecular weight excluding hydrogens is 291 g/mol. The van der Waals surface area contributed by atoms with Gasteiger partial charge in [-0.3, -0.25) is 0 Å². The van der Waals surface area contributed by atoms with Gasteiger partial charge in [-0.15, -0.1) is 11.3 Å². The van der Waals surface area contributed by atoms with E-state index in [1.165, 1.54) is 12.1 Å². The van der Waals surface area contributed by atoms with Gasteiger partial charge in [0.25, 0.3) is 0 Å². The van der Waals surface area contributed by atoms with Crippen molar-refractivity contribution in [2.75, 3.05) is 0 Å². The second-order valence-electron chi connectivity index (χ2n) is 3.32. The lowest BCUT2D eigenvalue weighted by Crippen LogP contribution is -2.13. The number of nitrogens with zero attached hydrogens (tertiary/aromatic N) is 1. The van der Waals surface area contributed by atoms with Crippen molar-refractivity contribution in [3.63, 3.8) is 0 Å². The second-order valence-corrected chi connectivity index (χ2v) is 4.89. The number of aromatic nitrogens is 1. The molecule has 0 unspecified atom stereocenters. The highest BCUT2D eigenvalue weighted by molar-refractivity contribution is 9.10. The molecule has 0 amide bonds. The van der Waals surface area contributed by atoms with Crippen LogP contribution in [0.5, 0.6) is 0 Å². The maximum atomic E-state index is 13.0. The van der Waals surface area contributed by atoms with Crippen LogP contribution in [0.3, 0.4) is 0 Å². The van der Waals surface area contributed by atoms with Crippen LogP contribution in [-0.4, -0.2) is 4.98 Å². The second kappa shape index (κ2) is 5.52. The van der Waals surface area contributed by atoms with Crippen molar-refractivity contribution in [1.82, 2.24) is 10.3 Å². The summed E-state index contributed by atoms with van der Waals surface area (Å²) in [5.74, 6) is -0.214. The predicted molar refractivity (Wildman–Crippen MR) is 66.8 cm³/mol. The summed E-state index contributed by atoms with van der Waals surface area (Å²) < 4.78 is 13.9. The summed E-state index contributed by atoms with van der Waals surface area (Å²) in [6, 6.07) is 4.68. The van der Waals surface area contributed by atoms with Gasteiger partial charge in [-0.25, -0.2) is 9.37 Å². The van der Waals surface area contributed by atoms with Crippen LogP contribution in [0.4, 0.5) is 4.39 Å². The maximum absolute atomic E-state index is 13.0. The molecule has 5 heteroatoms. The lowest BCUT2D eigenvalue weighted by atomic mass is 10.2. The number of benzene rings is 1. The van der Waals surface area contributed by atoms with E-state index in [0.717, 1.165) is 15.7 Å². The van der Waals surface area contributed by atoms with E-state index in [4.69, 9.17) is 0 Å². The fourth-order valence-corrected chi connectivity index (χ4v) is 2.27. The first-order chi connectivity index (χ1) is 7.75. The lowest BCUT2D eigenvalue weighted by molar-refractivity contribution is 0.618. The van der Waals surface area contributed by atoms with E-state index in [-0.39, 0.29) is 5.82 Å². The first kappa shape index (κ1) is 11.7. The molecule has 0 aliphatic rings. The molecular formula is C11H10BrFN2S. The molecule has 0 saturated heterocycles. The molecule has 0 spiro atoms. The summed E-state index contributed by atoms with van der Waals surface area (Å²) in [4.78, 5) is 4.16. The predicted octanol–water partition coefficient (Wildman–Crippen LogP) is 3.33. The van der Waals surface area contributed by atoms with Gasteiger partial charge >= 0.3 is 0 Å². The molecule has 0 aliphatic heterocycles. The largest absolute Gasteiger partial charge is 0.307 e. The van der Waals surface area contributed by atoms with Crippen molar-refractivity contribution >= 4 is 27.3 Å². The molecule has 0 atom stereocenters. The first-order valence-corrected chi connectivity index (χ1v) is 6.51. The summed E-state index contributed by atoms with van der Waals surface area (Å²) in [7, 11) is 0. The minimum atomic E-state index is -0.214. The average molecular weight is 301 g/mol. The van der Waals surface area contributed by atoms with Crippen LogP contribution in [0.1, 0.15) is 11.3 Å². The molecule has 0 fully saturated rings. The minimum absolute atomic E-state index is 0.214. The Labute approximate surface area is 106 Å². The molecule has 16 heavy (non-hydrogen) atoms. The van der Waals surface area contributed by atoms with Crippen LogP contribution in [0.2, 0.25) is 0 Å². The van der Waals surface area contributed by atoms with E-state index < -0.39 is 0 Å². The number of nitrogens with one attached hydrogen (secondary N) is 1. The third-order valence-corrected chi connectivity index (χ3v) is 3.52. The van der Waals surface area contributed by atoms with Crippen molar-refractivity contribution in [2.24, 2.45) is 0 Å². The molecule has 2 nitrogen and oxygen atoms in total. The Morgan fingerprint density at radius 1 is 1.38 bits per heavy atom. The highest BCUT2D eigenvalue weighted by atomic mass is 79.9. The Hall–Kier alpha value is -0.780. The fraction of sp³-hybridized carbons (Fsp3) is 0.182. The maximum Gasteiger partial charge on any atom is 0.123 e. The van der Waals surface area contributed by atoms with Crippen LogP contribution >= 0.6 is 27.3 Å². The van der Waals surface area contributed by atoms with E-state index in [1.54, 1.807) is 22.9 Å².